The summed E-state index contributed by atoms with van der Waals surface area (Å²) < 4.78 is 1.74. The van der Waals surface area contributed by atoms with E-state index in [9.17, 15) is 14.7 Å². The van der Waals surface area contributed by atoms with Crippen LogP contribution in [0.25, 0.3) is 0 Å². The van der Waals surface area contributed by atoms with Crippen LogP contribution < -0.4 is 0 Å². The van der Waals surface area contributed by atoms with Crippen molar-refractivity contribution in [3.63, 3.8) is 0 Å². The van der Waals surface area contributed by atoms with Gasteiger partial charge in [-0.1, -0.05) is 0 Å². The van der Waals surface area contributed by atoms with E-state index in [4.69, 9.17) is 6.42 Å². The number of carbonyl (C=O) groups excluding carboxylic acids is 1. The highest BCUT2D eigenvalue weighted by Gasteiger charge is 2.41. The SMILES string of the molecule is C#CCCC1(CCC(=O)N2Cc3nnc(C)n3CC2C(=O)O)N=N1. The zero-order valence-corrected chi connectivity index (χ0v) is 13.3. The van der Waals surface area contributed by atoms with Crippen LogP contribution in [-0.4, -0.2) is 48.4 Å². The quantitative estimate of drug-likeness (QED) is 0.773. The number of carbonyl (C=O) groups is 2. The highest BCUT2D eigenvalue weighted by atomic mass is 16.4. The number of carboxylic acids is 1. The molecular formula is C15H18N6O3. The van der Waals surface area contributed by atoms with Crippen molar-refractivity contribution in [1.29, 1.82) is 0 Å². The van der Waals surface area contributed by atoms with Crippen molar-refractivity contribution in [2.24, 2.45) is 10.2 Å². The maximum atomic E-state index is 12.6. The number of carboxylic acid groups (broad SMARTS) is 1. The zero-order valence-electron chi connectivity index (χ0n) is 13.3. The van der Waals surface area contributed by atoms with Crippen LogP contribution in [0.1, 0.15) is 37.3 Å². The number of rotatable bonds is 6. The molecular weight excluding hydrogens is 312 g/mol. The molecule has 0 aliphatic carbocycles. The minimum Gasteiger partial charge on any atom is -0.480 e. The molecule has 1 amide bonds. The Labute approximate surface area is 138 Å². The van der Waals surface area contributed by atoms with Crippen molar-refractivity contribution in [2.45, 2.75) is 57.4 Å². The molecule has 1 atom stereocenters. The van der Waals surface area contributed by atoms with E-state index in [-0.39, 0.29) is 25.4 Å². The number of nitrogens with zero attached hydrogens (tertiary/aromatic N) is 6. The smallest absolute Gasteiger partial charge is 0.328 e. The average Bonchev–Trinajstić information content (AvgIpc) is 3.26. The van der Waals surface area contributed by atoms with Gasteiger partial charge in [0.2, 0.25) is 5.91 Å². The molecule has 0 fully saturated rings. The van der Waals surface area contributed by atoms with E-state index in [1.807, 2.05) is 0 Å². The Morgan fingerprint density at radius 3 is 2.75 bits per heavy atom. The molecule has 126 valence electrons. The third-order valence-electron chi connectivity index (χ3n) is 4.45. The van der Waals surface area contributed by atoms with Gasteiger partial charge in [-0.2, -0.15) is 10.2 Å². The van der Waals surface area contributed by atoms with Gasteiger partial charge in [0.15, 0.2) is 11.5 Å². The fourth-order valence-electron chi connectivity index (χ4n) is 2.91. The summed E-state index contributed by atoms with van der Waals surface area (Å²) in [6.45, 7) is 2.06. The molecule has 1 N–H and O–H groups in total. The van der Waals surface area contributed by atoms with Crippen molar-refractivity contribution < 1.29 is 14.7 Å². The maximum absolute atomic E-state index is 12.6. The lowest BCUT2D eigenvalue weighted by molar-refractivity contribution is -0.152. The van der Waals surface area contributed by atoms with Gasteiger partial charge in [-0.15, -0.1) is 22.5 Å². The van der Waals surface area contributed by atoms with Crippen LogP contribution in [0, 0.1) is 19.3 Å². The molecule has 0 aromatic carbocycles. The summed E-state index contributed by atoms with van der Waals surface area (Å²) in [6, 6.07) is -0.922. The molecule has 0 saturated heterocycles. The van der Waals surface area contributed by atoms with Crippen LogP contribution in [0.15, 0.2) is 10.2 Å². The lowest BCUT2D eigenvalue weighted by Crippen LogP contribution is -2.50. The number of fused-ring (bicyclic) bond motifs is 1. The third kappa shape index (κ3) is 2.99. The minimum absolute atomic E-state index is 0.141. The topological polar surface area (TPSA) is 113 Å². The van der Waals surface area contributed by atoms with E-state index in [2.05, 4.69) is 26.3 Å². The van der Waals surface area contributed by atoms with Gasteiger partial charge in [0.25, 0.3) is 0 Å². The number of hydrogen-bond donors (Lipinski definition) is 1. The molecule has 1 aromatic heterocycles. The van der Waals surface area contributed by atoms with Crippen LogP contribution in [0.4, 0.5) is 0 Å². The molecule has 3 rings (SSSR count). The van der Waals surface area contributed by atoms with Gasteiger partial charge < -0.3 is 14.6 Å². The predicted octanol–water partition coefficient (Wildman–Crippen LogP) is 0.738. The number of hydrogen-bond acceptors (Lipinski definition) is 6. The summed E-state index contributed by atoms with van der Waals surface area (Å²) in [5.41, 5.74) is -0.548. The van der Waals surface area contributed by atoms with E-state index < -0.39 is 17.7 Å². The summed E-state index contributed by atoms with van der Waals surface area (Å²) in [5.74, 6) is 2.50. The van der Waals surface area contributed by atoms with Crippen molar-refractivity contribution in [3.05, 3.63) is 11.6 Å². The van der Waals surface area contributed by atoms with Crippen molar-refractivity contribution in [2.75, 3.05) is 0 Å². The van der Waals surface area contributed by atoms with Gasteiger partial charge in [-0.05, 0) is 6.92 Å². The van der Waals surface area contributed by atoms with Crippen molar-refractivity contribution >= 4 is 11.9 Å². The Balaban J connectivity index is 1.67. The first kappa shape index (κ1) is 16.1. The van der Waals surface area contributed by atoms with Crippen LogP contribution >= 0.6 is 0 Å². The molecule has 0 radical (unpaired) electrons. The third-order valence-corrected chi connectivity index (χ3v) is 4.45. The molecule has 0 spiro atoms. The molecule has 9 nitrogen and oxygen atoms in total. The van der Waals surface area contributed by atoms with Crippen LogP contribution in [-0.2, 0) is 22.7 Å². The van der Waals surface area contributed by atoms with Crippen molar-refractivity contribution in [1.82, 2.24) is 19.7 Å². The Morgan fingerprint density at radius 1 is 1.38 bits per heavy atom. The molecule has 24 heavy (non-hydrogen) atoms. The van der Waals surface area contributed by atoms with Crippen LogP contribution in [0.2, 0.25) is 0 Å². The Hall–Kier alpha value is -2.76. The summed E-state index contributed by atoms with van der Waals surface area (Å²) in [4.78, 5) is 25.5. The second kappa shape index (κ2) is 6.03. The second-order valence-corrected chi connectivity index (χ2v) is 6.04. The van der Waals surface area contributed by atoms with Crippen LogP contribution in [0.5, 0.6) is 0 Å². The summed E-state index contributed by atoms with van der Waals surface area (Å²) >= 11 is 0. The number of aromatic nitrogens is 3. The van der Waals surface area contributed by atoms with Crippen molar-refractivity contribution in [3.8, 4) is 12.3 Å². The lowest BCUT2D eigenvalue weighted by atomic mass is 10.0. The molecule has 3 heterocycles. The maximum Gasteiger partial charge on any atom is 0.328 e. The first-order chi connectivity index (χ1) is 11.5. The first-order valence-electron chi connectivity index (χ1n) is 7.74. The van der Waals surface area contributed by atoms with Gasteiger partial charge in [0, 0.05) is 25.7 Å². The molecule has 9 heteroatoms. The fraction of sp³-hybridized carbons (Fsp3) is 0.600. The monoisotopic (exact) mass is 330 g/mol. The van der Waals surface area contributed by atoms with E-state index >= 15 is 0 Å². The zero-order chi connectivity index (χ0) is 17.3. The van der Waals surface area contributed by atoms with E-state index in [1.165, 1.54) is 4.90 Å². The molecule has 1 unspecified atom stereocenters. The Bertz CT molecular complexity index is 741. The highest BCUT2D eigenvalue weighted by Crippen LogP contribution is 2.38. The Kier molecular flexibility index (Phi) is 4.05. The second-order valence-electron chi connectivity index (χ2n) is 6.04. The molecule has 0 saturated carbocycles. The molecule has 2 aliphatic rings. The summed E-state index contributed by atoms with van der Waals surface area (Å²) in [6.07, 6.45) is 7.03. The number of aryl methyl sites for hydroxylation is 1. The predicted molar refractivity (Wildman–Crippen MR) is 81.6 cm³/mol. The largest absolute Gasteiger partial charge is 0.480 e. The van der Waals surface area contributed by atoms with E-state index in [0.29, 0.717) is 30.9 Å². The molecule has 0 bridgehead atoms. The average molecular weight is 330 g/mol. The number of terminal acetylenes is 1. The minimum atomic E-state index is -1.04. The highest BCUT2D eigenvalue weighted by molar-refractivity contribution is 5.84. The fourth-order valence-corrected chi connectivity index (χ4v) is 2.91. The summed E-state index contributed by atoms with van der Waals surface area (Å²) in [7, 11) is 0. The van der Waals surface area contributed by atoms with E-state index in [0.717, 1.165) is 0 Å². The van der Waals surface area contributed by atoms with Gasteiger partial charge in [0.1, 0.15) is 11.9 Å². The van der Waals surface area contributed by atoms with Gasteiger partial charge in [0.05, 0.1) is 13.1 Å². The number of aliphatic carboxylic acids is 1. The first-order valence-corrected chi connectivity index (χ1v) is 7.74. The molecule has 1 aromatic rings. The van der Waals surface area contributed by atoms with Gasteiger partial charge >= 0.3 is 5.97 Å². The Morgan fingerprint density at radius 2 is 2.12 bits per heavy atom. The summed E-state index contributed by atoms with van der Waals surface area (Å²) in [5, 5.41) is 25.4. The number of amides is 1. The normalized spacial score (nSPS) is 20.3. The molecule has 2 aliphatic heterocycles. The van der Waals surface area contributed by atoms with Gasteiger partial charge in [-0.25, -0.2) is 4.79 Å². The lowest BCUT2D eigenvalue weighted by Gasteiger charge is -2.33. The van der Waals surface area contributed by atoms with Gasteiger partial charge in [-0.3, -0.25) is 4.79 Å². The standard InChI is InChI=1S/C15H18N6O3/c1-3-4-6-15(18-19-15)7-5-13(22)21-9-12-17-16-10(2)20(12)8-11(21)14(23)24/h1,11H,4-9H2,2H3,(H,23,24). The van der Waals surface area contributed by atoms with E-state index in [1.54, 1.807) is 11.5 Å². The van der Waals surface area contributed by atoms with Crippen LogP contribution in [0.3, 0.4) is 0 Å².